The summed E-state index contributed by atoms with van der Waals surface area (Å²) in [6.07, 6.45) is 1.85. The van der Waals surface area contributed by atoms with Gasteiger partial charge in [0.15, 0.2) is 0 Å². The molecule has 2 rings (SSSR count). The van der Waals surface area contributed by atoms with Gasteiger partial charge in [-0.15, -0.1) is 0 Å². The van der Waals surface area contributed by atoms with E-state index in [1.54, 1.807) is 60.7 Å². The van der Waals surface area contributed by atoms with Crippen molar-refractivity contribution in [3.8, 4) is 0 Å². The third kappa shape index (κ3) is 7.35. The van der Waals surface area contributed by atoms with Crippen molar-refractivity contribution in [1.29, 1.82) is 0 Å². The van der Waals surface area contributed by atoms with Crippen LogP contribution in [0.1, 0.15) is 19.8 Å². The molecule has 0 heterocycles. The van der Waals surface area contributed by atoms with Crippen molar-refractivity contribution in [2.45, 2.75) is 29.6 Å². The van der Waals surface area contributed by atoms with E-state index in [9.17, 15) is 16.8 Å². The Morgan fingerprint density at radius 2 is 1.20 bits per heavy atom. The smallest absolute Gasteiger partial charge is 0.214 e. The molecule has 0 aliphatic heterocycles. The predicted molar refractivity (Wildman–Crippen MR) is 99.2 cm³/mol. The van der Waals surface area contributed by atoms with Crippen molar-refractivity contribution < 1.29 is 16.8 Å². The number of hydrogen-bond acceptors (Lipinski definition) is 4. The molecule has 2 N–H and O–H groups in total. The Labute approximate surface area is 150 Å². The second kappa shape index (κ2) is 10.3. The summed E-state index contributed by atoms with van der Waals surface area (Å²) in [5.41, 5.74) is 0. The van der Waals surface area contributed by atoms with Crippen LogP contribution in [0.2, 0.25) is 0 Å². The van der Waals surface area contributed by atoms with E-state index in [-0.39, 0.29) is 0 Å². The highest BCUT2D eigenvalue weighted by Gasteiger charge is 2.11. The molecule has 2 aromatic rings. The van der Waals surface area contributed by atoms with Gasteiger partial charge in [0.1, 0.15) is 0 Å². The molecular weight excluding hydrogens is 360 g/mol. The third-order valence-electron chi connectivity index (χ3n) is 3.20. The molecule has 25 heavy (non-hydrogen) atoms. The first-order valence-corrected chi connectivity index (χ1v) is 10.8. The minimum Gasteiger partial charge on any atom is -0.214 e. The molecule has 8 heteroatoms. The molecule has 138 valence electrons. The van der Waals surface area contributed by atoms with Crippen LogP contribution in [-0.4, -0.2) is 30.4 Å². The number of hydrogen-bond donors (Lipinski definition) is 2. The second-order valence-corrected chi connectivity index (χ2v) is 8.74. The third-order valence-corrected chi connectivity index (χ3v) is 6.11. The number of rotatable bonds is 7. The molecule has 0 fully saturated rings. The molecule has 0 aliphatic carbocycles. The summed E-state index contributed by atoms with van der Waals surface area (Å²) in [4.78, 5) is 0.624. The first-order chi connectivity index (χ1) is 11.8. The van der Waals surface area contributed by atoms with Crippen LogP contribution < -0.4 is 9.44 Å². The number of sulfonamides is 2. The Balaban J connectivity index is 0.000000257. The van der Waals surface area contributed by atoms with Crippen LogP contribution in [0.15, 0.2) is 70.5 Å². The lowest BCUT2D eigenvalue weighted by molar-refractivity contribution is 0.578. The minimum absolute atomic E-state index is 0.294. The summed E-state index contributed by atoms with van der Waals surface area (Å²) in [5, 5.41) is 0. The number of unbranched alkanes of at least 4 members (excludes halogenated alkanes) is 1. The quantitative estimate of drug-likeness (QED) is 0.717. The SMILES string of the molecule is CCCCNS(=O)(=O)c1ccccc1.CNS(=O)(=O)c1ccccc1. The first kappa shape index (κ1) is 21.3. The zero-order valence-electron chi connectivity index (χ0n) is 14.3. The van der Waals surface area contributed by atoms with Gasteiger partial charge in [0, 0.05) is 6.54 Å². The second-order valence-electron chi connectivity index (χ2n) is 5.08. The van der Waals surface area contributed by atoms with Crippen LogP contribution in [0, 0.1) is 0 Å². The lowest BCUT2D eigenvalue weighted by atomic mass is 10.3. The highest BCUT2D eigenvalue weighted by molar-refractivity contribution is 7.89. The zero-order chi connectivity index (χ0) is 18.8. The fourth-order valence-electron chi connectivity index (χ4n) is 1.78. The maximum absolute atomic E-state index is 11.6. The Morgan fingerprint density at radius 3 is 1.60 bits per heavy atom. The van der Waals surface area contributed by atoms with Crippen molar-refractivity contribution in [2.24, 2.45) is 0 Å². The summed E-state index contributed by atoms with van der Waals surface area (Å²) >= 11 is 0. The fraction of sp³-hybridized carbons (Fsp3) is 0.294. The first-order valence-electron chi connectivity index (χ1n) is 7.87. The van der Waals surface area contributed by atoms with E-state index in [1.807, 2.05) is 6.92 Å². The van der Waals surface area contributed by atoms with Crippen LogP contribution in [0.5, 0.6) is 0 Å². The molecule has 0 amide bonds. The molecule has 0 spiro atoms. The maximum Gasteiger partial charge on any atom is 0.240 e. The molecular formula is C17H24N2O4S2. The normalized spacial score (nSPS) is 11.4. The van der Waals surface area contributed by atoms with Gasteiger partial charge in [0.2, 0.25) is 20.0 Å². The molecule has 0 radical (unpaired) electrons. The van der Waals surface area contributed by atoms with Crippen LogP contribution in [0.4, 0.5) is 0 Å². The van der Waals surface area contributed by atoms with Gasteiger partial charge in [-0.25, -0.2) is 26.3 Å². The van der Waals surface area contributed by atoms with Crippen molar-refractivity contribution in [1.82, 2.24) is 9.44 Å². The van der Waals surface area contributed by atoms with Gasteiger partial charge in [-0.05, 0) is 37.7 Å². The average Bonchev–Trinajstić information content (AvgIpc) is 2.64. The van der Waals surface area contributed by atoms with E-state index < -0.39 is 20.0 Å². The largest absolute Gasteiger partial charge is 0.240 e. The standard InChI is InChI=1S/C10H15NO2S.C7H9NO2S/c1-2-3-9-11-14(12,13)10-7-5-4-6-8-10;1-8-11(9,10)7-5-3-2-4-6-7/h4-8,11H,2-3,9H2,1H3;2-6,8H,1H3. The zero-order valence-corrected chi connectivity index (χ0v) is 16.0. The van der Waals surface area contributed by atoms with Crippen LogP contribution in [-0.2, 0) is 20.0 Å². The summed E-state index contributed by atoms with van der Waals surface area (Å²) in [7, 11) is -5.14. The molecule has 0 atom stereocenters. The molecule has 0 bridgehead atoms. The predicted octanol–water partition coefficient (Wildman–Crippen LogP) is 2.36. The average molecular weight is 385 g/mol. The van der Waals surface area contributed by atoms with Crippen LogP contribution >= 0.6 is 0 Å². The van der Waals surface area contributed by atoms with Gasteiger partial charge in [0.25, 0.3) is 0 Å². The lowest BCUT2D eigenvalue weighted by Gasteiger charge is -2.04. The number of benzene rings is 2. The molecule has 2 aromatic carbocycles. The van der Waals surface area contributed by atoms with E-state index in [1.165, 1.54) is 7.05 Å². The Hall–Kier alpha value is -1.74. The van der Waals surface area contributed by atoms with Crippen LogP contribution in [0.25, 0.3) is 0 Å². The van der Waals surface area contributed by atoms with Gasteiger partial charge in [0.05, 0.1) is 9.79 Å². The fourth-order valence-corrected chi connectivity index (χ4v) is 3.63. The summed E-state index contributed by atoms with van der Waals surface area (Å²) in [5.74, 6) is 0. The molecule has 0 saturated carbocycles. The summed E-state index contributed by atoms with van der Waals surface area (Å²) in [6, 6.07) is 16.6. The van der Waals surface area contributed by atoms with Gasteiger partial charge in [-0.2, -0.15) is 0 Å². The Kier molecular flexibility index (Phi) is 8.77. The van der Waals surface area contributed by atoms with E-state index in [0.29, 0.717) is 16.3 Å². The summed E-state index contributed by atoms with van der Waals surface area (Å²) < 4.78 is 50.1. The van der Waals surface area contributed by atoms with Gasteiger partial charge < -0.3 is 0 Å². The van der Waals surface area contributed by atoms with Gasteiger partial charge in [-0.1, -0.05) is 49.7 Å². The number of nitrogens with one attached hydrogen (secondary N) is 2. The highest BCUT2D eigenvalue weighted by Crippen LogP contribution is 2.07. The minimum atomic E-state index is -3.28. The van der Waals surface area contributed by atoms with Crippen molar-refractivity contribution in [2.75, 3.05) is 13.6 Å². The van der Waals surface area contributed by atoms with E-state index in [4.69, 9.17) is 0 Å². The molecule has 0 saturated heterocycles. The Morgan fingerprint density at radius 1 is 0.760 bits per heavy atom. The highest BCUT2D eigenvalue weighted by atomic mass is 32.2. The molecule has 6 nitrogen and oxygen atoms in total. The van der Waals surface area contributed by atoms with Crippen molar-refractivity contribution in [3.05, 3.63) is 60.7 Å². The molecule has 0 aromatic heterocycles. The van der Waals surface area contributed by atoms with E-state index in [2.05, 4.69) is 9.44 Å². The Bertz CT molecular complexity index is 821. The van der Waals surface area contributed by atoms with Gasteiger partial charge in [-0.3, -0.25) is 0 Å². The molecule has 0 unspecified atom stereocenters. The molecule has 0 aliphatic rings. The van der Waals surface area contributed by atoms with E-state index >= 15 is 0 Å². The van der Waals surface area contributed by atoms with Gasteiger partial charge >= 0.3 is 0 Å². The van der Waals surface area contributed by atoms with Crippen LogP contribution in [0.3, 0.4) is 0 Å². The monoisotopic (exact) mass is 384 g/mol. The summed E-state index contributed by atoms with van der Waals surface area (Å²) in [6.45, 7) is 2.53. The topological polar surface area (TPSA) is 92.3 Å². The van der Waals surface area contributed by atoms with Crippen molar-refractivity contribution >= 4 is 20.0 Å². The lowest BCUT2D eigenvalue weighted by Crippen LogP contribution is -2.24. The van der Waals surface area contributed by atoms with E-state index in [0.717, 1.165) is 12.8 Å². The maximum atomic E-state index is 11.6. The van der Waals surface area contributed by atoms with Crippen molar-refractivity contribution in [3.63, 3.8) is 0 Å².